The molecule has 1 rings (SSSR count). The normalized spacial score (nSPS) is 11.3. The molecule has 106 valence electrons. The lowest BCUT2D eigenvalue weighted by atomic mass is 10.2. The Balaban J connectivity index is 2.49. The van der Waals surface area contributed by atoms with E-state index in [1.54, 1.807) is 0 Å². The summed E-state index contributed by atoms with van der Waals surface area (Å²) in [5, 5.41) is 13.3. The van der Waals surface area contributed by atoms with Gasteiger partial charge in [-0.3, -0.25) is 10.1 Å². The Morgan fingerprint density at radius 2 is 2.05 bits per heavy atom. The number of nitrogens with one attached hydrogen (secondary N) is 1. The van der Waals surface area contributed by atoms with E-state index >= 15 is 0 Å². The van der Waals surface area contributed by atoms with Crippen molar-refractivity contribution in [1.82, 2.24) is 4.98 Å². The molecule has 0 amide bonds. The summed E-state index contributed by atoms with van der Waals surface area (Å²) in [5.74, 6) is 0.0698. The second-order valence-corrected chi connectivity index (χ2v) is 3.86. The summed E-state index contributed by atoms with van der Waals surface area (Å²) >= 11 is 0. The van der Waals surface area contributed by atoms with Crippen LogP contribution >= 0.6 is 0 Å². The molecule has 0 saturated carbocycles. The van der Waals surface area contributed by atoms with Crippen molar-refractivity contribution in [2.45, 2.75) is 25.4 Å². The van der Waals surface area contributed by atoms with Gasteiger partial charge in [0.25, 0.3) is 0 Å². The number of halogens is 3. The Kier molecular flexibility index (Phi) is 4.90. The smallest absolute Gasteiger partial charge is 0.384 e. The van der Waals surface area contributed by atoms with E-state index in [-0.39, 0.29) is 36.7 Å². The van der Waals surface area contributed by atoms with Crippen LogP contribution in [0.5, 0.6) is 0 Å². The molecule has 1 aromatic heterocycles. The number of rotatable bonds is 6. The van der Waals surface area contributed by atoms with Crippen molar-refractivity contribution in [3.8, 4) is 0 Å². The SMILES string of the molecule is Nc1ccc([N+](=O)[O-])c(NCCCCC(F)(F)F)n1. The van der Waals surface area contributed by atoms with Crippen LogP contribution in [0.15, 0.2) is 12.1 Å². The number of nitrogen functional groups attached to an aromatic ring is 1. The number of hydrogen-bond acceptors (Lipinski definition) is 5. The Morgan fingerprint density at radius 1 is 1.37 bits per heavy atom. The number of pyridine rings is 1. The number of anilines is 2. The highest BCUT2D eigenvalue weighted by atomic mass is 19.4. The van der Waals surface area contributed by atoms with Crippen molar-refractivity contribution in [3.63, 3.8) is 0 Å². The van der Waals surface area contributed by atoms with Gasteiger partial charge in [0.1, 0.15) is 5.82 Å². The van der Waals surface area contributed by atoms with E-state index in [0.717, 1.165) is 0 Å². The maximum absolute atomic E-state index is 11.9. The molecule has 0 spiro atoms. The second kappa shape index (κ2) is 6.21. The summed E-state index contributed by atoms with van der Waals surface area (Å²) in [7, 11) is 0. The van der Waals surface area contributed by atoms with E-state index < -0.39 is 17.5 Å². The molecule has 0 radical (unpaired) electrons. The minimum Gasteiger partial charge on any atom is -0.384 e. The minimum absolute atomic E-state index is 0.0305. The van der Waals surface area contributed by atoms with E-state index in [9.17, 15) is 23.3 Å². The summed E-state index contributed by atoms with van der Waals surface area (Å²) < 4.78 is 35.7. The highest BCUT2D eigenvalue weighted by molar-refractivity contribution is 5.59. The topological polar surface area (TPSA) is 94.1 Å². The lowest BCUT2D eigenvalue weighted by Crippen LogP contribution is -2.10. The third kappa shape index (κ3) is 5.40. The fourth-order valence-corrected chi connectivity index (χ4v) is 1.40. The lowest BCUT2D eigenvalue weighted by Gasteiger charge is -2.08. The molecular weight excluding hydrogens is 265 g/mol. The zero-order valence-corrected chi connectivity index (χ0v) is 9.91. The molecule has 1 heterocycles. The molecule has 19 heavy (non-hydrogen) atoms. The van der Waals surface area contributed by atoms with Crippen molar-refractivity contribution in [2.24, 2.45) is 0 Å². The number of nitrogens with zero attached hydrogens (tertiary/aromatic N) is 2. The van der Waals surface area contributed by atoms with Crippen LogP contribution in [-0.4, -0.2) is 22.6 Å². The predicted octanol–water partition coefficient (Wildman–Crippen LogP) is 2.72. The van der Waals surface area contributed by atoms with Crippen LogP contribution in [0, 0.1) is 10.1 Å². The summed E-state index contributed by atoms with van der Waals surface area (Å²) in [6, 6.07) is 2.48. The molecule has 0 fully saturated rings. The zero-order chi connectivity index (χ0) is 14.5. The highest BCUT2D eigenvalue weighted by Gasteiger charge is 2.25. The minimum atomic E-state index is -4.18. The lowest BCUT2D eigenvalue weighted by molar-refractivity contribution is -0.384. The van der Waals surface area contributed by atoms with Crippen LogP contribution in [0.4, 0.5) is 30.5 Å². The van der Waals surface area contributed by atoms with Crippen LogP contribution in [0.25, 0.3) is 0 Å². The van der Waals surface area contributed by atoms with Gasteiger partial charge in [0.2, 0.25) is 5.82 Å². The fraction of sp³-hybridized carbons (Fsp3) is 0.500. The van der Waals surface area contributed by atoms with Crippen LogP contribution < -0.4 is 11.1 Å². The molecule has 0 aliphatic heterocycles. The van der Waals surface area contributed by atoms with Gasteiger partial charge in [0.05, 0.1) is 4.92 Å². The first-order valence-electron chi connectivity index (χ1n) is 5.51. The third-order valence-electron chi connectivity index (χ3n) is 2.27. The zero-order valence-electron chi connectivity index (χ0n) is 9.91. The Hall–Kier alpha value is -2.06. The highest BCUT2D eigenvalue weighted by Crippen LogP contribution is 2.24. The van der Waals surface area contributed by atoms with Crippen LogP contribution in [0.2, 0.25) is 0 Å². The standard InChI is InChI=1S/C10H13F3N4O2/c11-10(12,13)5-1-2-6-15-9-7(17(18)19)3-4-8(14)16-9/h3-4H,1-2,5-6H2,(H3,14,15,16). The average Bonchev–Trinajstić information content (AvgIpc) is 2.26. The van der Waals surface area contributed by atoms with E-state index in [2.05, 4.69) is 10.3 Å². The van der Waals surface area contributed by atoms with Gasteiger partial charge >= 0.3 is 11.9 Å². The molecular formula is C10H13F3N4O2. The van der Waals surface area contributed by atoms with Gasteiger partial charge in [0, 0.05) is 19.0 Å². The second-order valence-electron chi connectivity index (χ2n) is 3.86. The number of alkyl halides is 3. The Bertz CT molecular complexity index is 451. The van der Waals surface area contributed by atoms with E-state index in [4.69, 9.17) is 5.73 Å². The van der Waals surface area contributed by atoms with E-state index in [1.165, 1.54) is 12.1 Å². The monoisotopic (exact) mass is 278 g/mol. The van der Waals surface area contributed by atoms with Crippen LogP contribution in [0.3, 0.4) is 0 Å². The van der Waals surface area contributed by atoms with Gasteiger partial charge < -0.3 is 11.1 Å². The van der Waals surface area contributed by atoms with Crippen molar-refractivity contribution < 1.29 is 18.1 Å². The van der Waals surface area contributed by atoms with Gasteiger partial charge in [0.15, 0.2) is 0 Å². The Morgan fingerprint density at radius 3 is 2.63 bits per heavy atom. The van der Waals surface area contributed by atoms with Crippen molar-refractivity contribution in [3.05, 3.63) is 22.2 Å². The van der Waals surface area contributed by atoms with Gasteiger partial charge in [-0.1, -0.05) is 0 Å². The average molecular weight is 278 g/mol. The number of hydrogen-bond donors (Lipinski definition) is 2. The predicted molar refractivity (Wildman–Crippen MR) is 63.7 cm³/mol. The summed E-state index contributed by atoms with van der Waals surface area (Å²) in [6.45, 7) is 0.160. The summed E-state index contributed by atoms with van der Waals surface area (Å²) in [6.07, 6.45) is -4.87. The summed E-state index contributed by atoms with van der Waals surface area (Å²) in [4.78, 5) is 13.8. The Labute approximate surface area is 107 Å². The number of aromatic nitrogens is 1. The number of unbranched alkanes of at least 4 members (excludes halogenated alkanes) is 1. The molecule has 0 atom stereocenters. The molecule has 0 unspecified atom stereocenters. The molecule has 0 aliphatic carbocycles. The summed E-state index contributed by atoms with van der Waals surface area (Å²) in [5.41, 5.74) is 5.13. The van der Waals surface area contributed by atoms with Crippen molar-refractivity contribution >= 4 is 17.3 Å². The first-order chi connectivity index (χ1) is 8.79. The first kappa shape index (κ1) is 15.0. The molecule has 3 N–H and O–H groups in total. The quantitative estimate of drug-likeness (QED) is 0.474. The number of nitrogens with two attached hydrogens (primary N) is 1. The van der Waals surface area contributed by atoms with E-state index in [1.807, 2.05) is 0 Å². The van der Waals surface area contributed by atoms with Crippen molar-refractivity contribution in [2.75, 3.05) is 17.6 Å². The van der Waals surface area contributed by atoms with Gasteiger partial charge in [-0.2, -0.15) is 13.2 Å². The fourth-order valence-electron chi connectivity index (χ4n) is 1.40. The molecule has 9 heteroatoms. The van der Waals surface area contributed by atoms with Gasteiger partial charge in [-0.25, -0.2) is 4.98 Å². The molecule has 0 bridgehead atoms. The van der Waals surface area contributed by atoms with E-state index in [0.29, 0.717) is 0 Å². The largest absolute Gasteiger partial charge is 0.389 e. The molecule has 0 aromatic carbocycles. The van der Waals surface area contributed by atoms with Gasteiger partial charge in [-0.15, -0.1) is 0 Å². The molecule has 0 aliphatic rings. The van der Waals surface area contributed by atoms with Crippen LogP contribution in [-0.2, 0) is 0 Å². The van der Waals surface area contributed by atoms with Gasteiger partial charge in [-0.05, 0) is 18.9 Å². The molecule has 6 nitrogen and oxygen atoms in total. The molecule has 1 aromatic rings. The molecule has 0 saturated heterocycles. The van der Waals surface area contributed by atoms with Crippen LogP contribution in [0.1, 0.15) is 19.3 Å². The maximum Gasteiger partial charge on any atom is 0.389 e. The number of nitro groups is 1. The maximum atomic E-state index is 11.9. The van der Waals surface area contributed by atoms with Crippen molar-refractivity contribution in [1.29, 1.82) is 0 Å². The first-order valence-corrected chi connectivity index (χ1v) is 5.51. The third-order valence-corrected chi connectivity index (χ3v) is 2.27.